The summed E-state index contributed by atoms with van der Waals surface area (Å²) in [5, 5.41) is 14.9. The van der Waals surface area contributed by atoms with Crippen LogP contribution in [0.15, 0.2) is 24.5 Å². The van der Waals surface area contributed by atoms with E-state index >= 15 is 0 Å². The Kier molecular flexibility index (Phi) is 4.66. The molecule has 0 amide bonds. The zero-order chi connectivity index (χ0) is 21.3. The van der Waals surface area contributed by atoms with E-state index in [1.807, 2.05) is 6.07 Å². The number of anilines is 2. The molecule has 30 heavy (non-hydrogen) atoms. The Balaban J connectivity index is 1.79. The van der Waals surface area contributed by atoms with Crippen molar-refractivity contribution in [2.45, 2.75) is 70.4 Å². The lowest BCUT2D eigenvalue weighted by atomic mass is 9.63. The van der Waals surface area contributed by atoms with Crippen molar-refractivity contribution in [2.24, 2.45) is 5.41 Å². The third-order valence-corrected chi connectivity index (χ3v) is 7.59. The molecule has 2 aromatic rings. The Morgan fingerprint density at radius 1 is 1.20 bits per heavy atom. The lowest BCUT2D eigenvalue weighted by molar-refractivity contribution is 0.170. The lowest BCUT2D eigenvalue weighted by Crippen LogP contribution is -2.55. The number of piperidine rings is 1. The average molecular weight is 427 g/mol. The van der Waals surface area contributed by atoms with E-state index in [4.69, 9.17) is 16.6 Å². The Morgan fingerprint density at radius 3 is 2.63 bits per heavy atom. The minimum atomic E-state index is -0.509. The van der Waals surface area contributed by atoms with Crippen molar-refractivity contribution in [3.05, 3.63) is 46.4 Å². The van der Waals surface area contributed by atoms with Gasteiger partial charge >= 0.3 is 0 Å². The maximum atomic E-state index is 10.6. The second-order valence-electron chi connectivity index (χ2n) is 10.4. The molecular formula is C24H31ClN4O. The summed E-state index contributed by atoms with van der Waals surface area (Å²) < 4.78 is 0. The van der Waals surface area contributed by atoms with E-state index < -0.39 is 6.10 Å². The maximum absolute atomic E-state index is 10.6. The topological polar surface area (TPSA) is 61.3 Å². The zero-order valence-electron chi connectivity index (χ0n) is 18.2. The molecule has 160 valence electrons. The molecule has 3 aliphatic rings. The number of hydrogen-bond donors (Lipinski definition) is 2. The van der Waals surface area contributed by atoms with Gasteiger partial charge in [-0.15, -0.1) is 0 Å². The molecule has 6 heteroatoms. The van der Waals surface area contributed by atoms with Crippen molar-refractivity contribution in [1.29, 1.82) is 0 Å². The van der Waals surface area contributed by atoms with E-state index in [0.29, 0.717) is 6.42 Å². The van der Waals surface area contributed by atoms with Crippen LogP contribution in [0.4, 0.5) is 11.5 Å². The van der Waals surface area contributed by atoms with Crippen LogP contribution in [-0.2, 0) is 5.41 Å². The van der Waals surface area contributed by atoms with Crippen LogP contribution in [0.1, 0.15) is 75.8 Å². The van der Waals surface area contributed by atoms with E-state index in [-0.39, 0.29) is 22.8 Å². The number of nitrogens with one attached hydrogen (secondary N) is 1. The van der Waals surface area contributed by atoms with Gasteiger partial charge in [-0.3, -0.25) is 0 Å². The van der Waals surface area contributed by atoms with Gasteiger partial charge < -0.3 is 15.3 Å². The highest BCUT2D eigenvalue weighted by Crippen LogP contribution is 2.59. The number of aromatic nitrogens is 2. The largest absolute Gasteiger partial charge is 0.387 e. The third kappa shape index (κ3) is 2.82. The van der Waals surface area contributed by atoms with Crippen molar-refractivity contribution in [3.8, 4) is 0 Å². The Bertz CT molecular complexity index is 980. The van der Waals surface area contributed by atoms with Crippen molar-refractivity contribution < 1.29 is 5.11 Å². The highest BCUT2D eigenvalue weighted by Gasteiger charge is 2.56. The number of rotatable bonds is 1. The van der Waals surface area contributed by atoms with Gasteiger partial charge in [-0.05, 0) is 67.4 Å². The first-order valence-corrected chi connectivity index (χ1v) is 11.4. The van der Waals surface area contributed by atoms with Gasteiger partial charge in [-0.2, -0.15) is 0 Å². The summed E-state index contributed by atoms with van der Waals surface area (Å²) >= 11 is 6.52. The second kappa shape index (κ2) is 6.91. The molecule has 0 radical (unpaired) electrons. The van der Waals surface area contributed by atoms with E-state index in [2.05, 4.69) is 55.0 Å². The fraction of sp³-hybridized carbons (Fsp3) is 0.583. The van der Waals surface area contributed by atoms with Crippen LogP contribution in [0.2, 0.25) is 5.02 Å². The number of hydrogen-bond acceptors (Lipinski definition) is 5. The number of halogens is 1. The highest BCUT2D eigenvalue weighted by molar-refractivity contribution is 6.30. The lowest BCUT2D eigenvalue weighted by Gasteiger charge is -2.48. The molecule has 3 heterocycles. The van der Waals surface area contributed by atoms with Crippen LogP contribution in [0.3, 0.4) is 0 Å². The van der Waals surface area contributed by atoms with Crippen LogP contribution >= 0.6 is 11.6 Å². The molecule has 1 aromatic heterocycles. The quantitative estimate of drug-likeness (QED) is 0.681. The molecule has 0 bridgehead atoms. The Hall–Kier alpha value is -1.69. The van der Waals surface area contributed by atoms with Gasteiger partial charge in [0, 0.05) is 21.7 Å². The van der Waals surface area contributed by atoms with Gasteiger partial charge in [0.1, 0.15) is 12.1 Å². The van der Waals surface area contributed by atoms with Gasteiger partial charge in [0.25, 0.3) is 0 Å². The van der Waals surface area contributed by atoms with E-state index in [1.165, 1.54) is 11.3 Å². The molecule has 1 unspecified atom stereocenters. The summed E-state index contributed by atoms with van der Waals surface area (Å²) in [7, 11) is 0. The average Bonchev–Trinajstić information content (AvgIpc) is 3.14. The minimum Gasteiger partial charge on any atom is -0.387 e. The molecule has 1 spiro atoms. The maximum Gasteiger partial charge on any atom is 0.140 e. The van der Waals surface area contributed by atoms with Crippen LogP contribution < -0.4 is 10.2 Å². The molecule has 0 saturated carbocycles. The molecule has 2 N–H and O–H groups in total. The molecule has 1 fully saturated rings. The van der Waals surface area contributed by atoms with Crippen LogP contribution in [0.25, 0.3) is 0 Å². The number of aliphatic hydroxyl groups excluding tert-OH is 1. The van der Waals surface area contributed by atoms with Gasteiger partial charge in [-0.1, -0.05) is 39.3 Å². The van der Waals surface area contributed by atoms with Crippen molar-refractivity contribution >= 4 is 23.1 Å². The molecule has 2 aliphatic heterocycles. The predicted molar refractivity (Wildman–Crippen MR) is 121 cm³/mol. The monoisotopic (exact) mass is 426 g/mol. The first-order chi connectivity index (χ1) is 14.2. The third-order valence-electron chi connectivity index (χ3n) is 7.36. The number of nitrogens with zero attached hydrogens (tertiary/aromatic N) is 3. The predicted octanol–water partition coefficient (Wildman–Crippen LogP) is 4.86. The van der Waals surface area contributed by atoms with Crippen LogP contribution in [0, 0.1) is 5.41 Å². The SMILES string of the molecule is C[C@@H]1C[C@H](O)c2ncnc(N3c4ccc(Cl)cc4C4(CCNCC4)C3C(C)(C)C)c21. The highest BCUT2D eigenvalue weighted by atomic mass is 35.5. The summed E-state index contributed by atoms with van der Waals surface area (Å²) in [5.74, 6) is 1.19. The zero-order valence-corrected chi connectivity index (χ0v) is 19.0. The van der Waals surface area contributed by atoms with Crippen molar-refractivity contribution in [2.75, 3.05) is 18.0 Å². The smallest absolute Gasteiger partial charge is 0.140 e. The van der Waals surface area contributed by atoms with Crippen molar-refractivity contribution in [3.63, 3.8) is 0 Å². The second-order valence-corrected chi connectivity index (χ2v) is 10.8. The van der Waals surface area contributed by atoms with Crippen molar-refractivity contribution in [1.82, 2.24) is 15.3 Å². The van der Waals surface area contributed by atoms with E-state index in [1.54, 1.807) is 6.33 Å². The Labute approximate surface area is 183 Å². The molecule has 1 saturated heterocycles. The van der Waals surface area contributed by atoms with Gasteiger partial charge in [-0.25, -0.2) is 9.97 Å². The normalized spacial score (nSPS) is 27.4. The summed E-state index contributed by atoms with van der Waals surface area (Å²) in [6.45, 7) is 11.2. The van der Waals surface area contributed by atoms with E-state index in [9.17, 15) is 5.11 Å². The van der Waals surface area contributed by atoms with Gasteiger partial charge in [0.15, 0.2) is 0 Å². The summed E-state index contributed by atoms with van der Waals surface area (Å²) in [5.41, 5.74) is 4.47. The molecular weight excluding hydrogens is 396 g/mol. The molecule has 1 aromatic carbocycles. The number of benzene rings is 1. The van der Waals surface area contributed by atoms with Gasteiger partial charge in [0.05, 0.1) is 17.8 Å². The molecule has 5 nitrogen and oxygen atoms in total. The molecule has 5 rings (SSSR count). The van der Waals surface area contributed by atoms with E-state index in [0.717, 1.165) is 48.0 Å². The minimum absolute atomic E-state index is 0.0150. The van der Waals surface area contributed by atoms with Gasteiger partial charge in [0.2, 0.25) is 0 Å². The number of aliphatic hydroxyl groups is 1. The molecule has 1 aliphatic carbocycles. The first-order valence-electron chi connectivity index (χ1n) is 11.1. The fourth-order valence-electron chi connectivity index (χ4n) is 6.41. The standard InChI is InChI=1S/C24H31ClN4O/c1-14-11-18(30)20-19(14)21(28-13-27-20)29-17-6-5-15(25)12-16(17)24(7-9-26-10-8-24)22(29)23(2,3)4/h5-6,12-14,18,22,26,30H,7-11H2,1-4H3/t14-,18+,22?/m1/s1. The van der Waals surface area contributed by atoms with Crippen LogP contribution in [0.5, 0.6) is 0 Å². The summed E-state index contributed by atoms with van der Waals surface area (Å²) in [6, 6.07) is 6.58. The molecule has 3 atom stereocenters. The first kappa shape index (κ1) is 20.2. The fourth-order valence-corrected chi connectivity index (χ4v) is 6.59. The summed E-state index contributed by atoms with van der Waals surface area (Å²) in [6.07, 6.45) is 3.97. The Morgan fingerprint density at radius 2 is 1.93 bits per heavy atom. The van der Waals surface area contributed by atoms with Crippen LogP contribution in [-0.4, -0.2) is 34.2 Å². The number of fused-ring (bicyclic) bond motifs is 3. The summed E-state index contributed by atoms with van der Waals surface area (Å²) in [4.78, 5) is 11.8.